The molecule has 0 amide bonds. The maximum atomic E-state index is 6.40. The predicted molar refractivity (Wildman–Crippen MR) is 124 cm³/mol. The number of ether oxygens (including phenoxy) is 2. The molecule has 9 heteroatoms. The van der Waals surface area contributed by atoms with Crippen molar-refractivity contribution < 1.29 is 9.47 Å². The van der Waals surface area contributed by atoms with E-state index < -0.39 is 0 Å². The zero-order valence-corrected chi connectivity index (χ0v) is 18.3. The van der Waals surface area contributed by atoms with Crippen LogP contribution in [-0.2, 0) is 11.8 Å². The molecule has 1 fully saturated rings. The van der Waals surface area contributed by atoms with Crippen LogP contribution in [0.3, 0.4) is 0 Å². The summed E-state index contributed by atoms with van der Waals surface area (Å²) in [5.41, 5.74) is 6.56. The second-order valence-corrected chi connectivity index (χ2v) is 8.73. The van der Waals surface area contributed by atoms with E-state index in [1.54, 1.807) is 22.3 Å². The van der Waals surface area contributed by atoms with Crippen molar-refractivity contribution in [2.75, 3.05) is 11.9 Å². The Morgan fingerprint density at radius 2 is 2.06 bits per heavy atom. The van der Waals surface area contributed by atoms with Gasteiger partial charge in [0, 0.05) is 24.5 Å². The minimum Gasteiger partial charge on any atom is -0.484 e. The van der Waals surface area contributed by atoms with Crippen molar-refractivity contribution in [3.05, 3.63) is 54.6 Å². The molecule has 32 heavy (non-hydrogen) atoms. The number of benzene rings is 2. The third-order valence-corrected chi connectivity index (χ3v) is 6.45. The average molecular weight is 445 g/mol. The molecule has 1 N–H and O–H groups in total. The molecular formula is C23H20N6O2S. The van der Waals surface area contributed by atoms with Crippen LogP contribution in [0.25, 0.3) is 32.2 Å². The van der Waals surface area contributed by atoms with E-state index in [-0.39, 0.29) is 12.2 Å². The van der Waals surface area contributed by atoms with Crippen LogP contribution in [0.5, 0.6) is 5.75 Å². The Bertz CT molecular complexity index is 1450. The Morgan fingerprint density at radius 1 is 1.12 bits per heavy atom. The van der Waals surface area contributed by atoms with Gasteiger partial charge in [0.15, 0.2) is 0 Å². The summed E-state index contributed by atoms with van der Waals surface area (Å²) in [4.78, 5) is 13.4. The van der Waals surface area contributed by atoms with Crippen LogP contribution in [0.4, 0.5) is 11.5 Å². The first-order chi connectivity index (χ1) is 15.6. The van der Waals surface area contributed by atoms with E-state index >= 15 is 0 Å². The molecule has 4 heterocycles. The molecule has 2 aromatic carbocycles. The van der Waals surface area contributed by atoms with Crippen LogP contribution < -0.4 is 10.1 Å². The average Bonchev–Trinajstić information content (AvgIpc) is 3.44. The van der Waals surface area contributed by atoms with Gasteiger partial charge in [-0.2, -0.15) is 5.10 Å². The van der Waals surface area contributed by atoms with E-state index in [0.717, 1.165) is 43.7 Å². The van der Waals surface area contributed by atoms with E-state index in [4.69, 9.17) is 9.47 Å². The number of aryl methyl sites for hydroxylation is 1. The number of anilines is 2. The highest BCUT2D eigenvalue weighted by Crippen LogP contribution is 2.38. The van der Waals surface area contributed by atoms with Crippen molar-refractivity contribution in [1.29, 1.82) is 0 Å². The first kappa shape index (κ1) is 19.1. The van der Waals surface area contributed by atoms with Crippen LogP contribution >= 0.6 is 11.3 Å². The van der Waals surface area contributed by atoms with Gasteiger partial charge in [0.1, 0.15) is 24.0 Å². The Hall–Kier alpha value is -3.56. The molecule has 0 saturated carbocycles. The van der Waals surface area contributed by atoms with E-state index in [1.165, 1.54) is 0 Å². The zero-order chi connectivity index (χ0) is 21.7. The van der Waals surface area contributed by atoms with Gasteiger partial charge in [0.05, 0.1) is 45.5 Å². The summed E-state index contributed by atoms with van der Waals surface area (Å²) >= 11 is 1.61. The maximum absolute atomic E-state index is 6.40. The van der Waals surface area contributed by atoms with Crippen LogP contribution in [-0.4, -0.2) is 43.5 Å². The zero-order valence-electron chi connectivity index (χ0n) is 17.5. The predicted octanol–water partition coefficient (Wildman–Crippen LogP) is 4.55. The lowest BCUT2D eigenvalue weighted by Gasteiger charge is -2.34. The second kappa shape index (κ2) is 7.54. The number of hydrogen-bond donors (Lipinski definition) is 1. The SMILES string of the molecule is C[C@@H]1OC[C@H]1Oc1cc(-c2cnn(C)c2)cc2ncnc(Nc3ccc4ncsc4c3)c12. The molecule has 5 aromatic rings. The van der Waals surface area contributed by atoms with Crippen molar-refractivity contribution in [1.82, 2.24) is 24.7 Å². The molecule has 1 saturated heterocycles. The van der Waals surface area contributed by atoms with Crippen molar-refractivity contribution in [2.24, 2.45) is 7.05 Å². The third kappa shape index (κ3) is 3.35. The molecule has 0 spiro atoms. The number of rotatable bonds is 5. The first-order valence-electron chi connectivity index (χ1n) is 10.3. The van der Waals surface area contributed by atoms with E-state index in [9.17, 15) is 0 Å². The number of nitrogens with zero attached hydrogens (tertiary/aromatic N) is 5. The van der Waals surface area contributed by atoms with Crippen molar-refractivity contribution in [3.63, 3.8) is 0 Å². The van der Waals surface area contributed by atoms with Crippen molar-refractivity contribution in [3.8, 4) is 16.9 Å². The molecule has 0 bridgehead atoms. The number of thiazole rings is 1. The van der Waals surface area contributed by atoms with Crippen molar-refractivity contribution in [2.45, 2.75) is 19.1 Å². The highest BCUT2D eigenvalue weighted by molar-refractivity contribution is 7.16. The molecule has 0 unspecified atom stereocenters. The standard InChI is InChI=1S/C23H20N6O2S/c1-13-20(10-30-13)31-19-6-14(15-8-27-29(2)9-15)5-18-22(19)23(25-11-24-18)28-16-3-4-17-21(7-16)32-12-26-17/h3-9,11-13,20H,10H2,1-2H3,(H,24,25,28)/t13-,20+/m0/s1. The number of aromatic nitrogens is 5. The van der Waals surface area contributed by atoms with Gasteiger partial charge in [-0.25, -0.2) is 15.0 Å². The molecule has 0 radical (unpaired) electrons. The van der Waals surface area contributed by atoms with Gasteiger partial charge in [-0.3, -0.25) is 4.68 Å². The van der Waals surface area contributed by atoms with Gasteiger partial charge in [-0.15, -0.1) is 11.3 Å². The summed E-state index contributed by atoms with van der Waals surface area (Å²) in [7, 11) is 1.90. The van der Waals surface area contributed by atoms with Crippen LogP contribution in [0.2, 0.25) is 0 Å². The van der Waals surface area contributed by atoms with Gasteiger partial charge in [0.2, 0.25) is 0 Å². The van der Waals surface area contributed by atoms with Gasteiger partial charge in [0.25, 0.3) is 0 Å². The monoisotopic (exact) mass is 444 g/mol. The number of fused-ring (bicyclic) bond motifs is 2. The summed E-state index contributed by atoms with van der Waals surface area (Å²) in [6.07, 6.45) is 5.42. The summed E-state index contributed by atoms with van der Waals surface area (Å²) in [5.74, 6) is 1.42. The van der Waals surface area contributed by atoms with Gasteiger partial charge < -0.3 is 14.8 Å². The summed E-state index contributed by atoms with van der Waals surface area (Å²) in [6.45, 7) is 2.58. The van der Waals surface area contributed by atoms with Gasteiger partial charge in [-0.1, -0.05) is 0 Å². The summed E-state index contributed by atoms with van der Waals surface area (Å²) < 4.78 is 14.8. The molecule has 0 aliphatic carbocycles. The highest BCUT2D eigenvalue weighted by atomic mass is 32.1. The molecule has 1 aliphatic rings. The highest BCUT2D eigenvalue weighted by Gasteiger charge is 2.31. The molecule has 6 rings (SSSR count). The van der Waals surface area contributed by atoms with Crippen LogP contribution in [0, 0.1) is 0 Å². The fourth-order valence-electron chi connectivity index (χ4n) is 3.81. The van der Waals surface area contributed by atoms with Crippen LogP contribution in [0.15, 0.2) is 54.6 Å². The van der Waals surface area contributed by atoms with E-state index in [2.05, 4.69) is 31.4 Å². The van der Waals surface area contributed by atoms with Crippen molar-refractivity contribution >= 4 is 44.0 Å². The lowest BCUT2D eigenvalue weighted by Crippen LogP contribution is -2.46. The second-order valence-electron chi connectivity index (χ2n) is 7.85. The molecule has 1 aliphatic heterocycles. The summed E-state index contributed by atoms with van der Waals surface area (Å²) in [5, 5.41) is 8.59. The Labute approximate surface area is 187 Å². The van der Waals surface area contributed by atoms with E-state index in [1.807, 2.05) is 56.1 Å². The van der Waals surface area contributed by atoms with Gasteiger partial charge >= 0.3 is 0 Å². The summed E-state index contributed by atoms with van der Waals surface area (Å²) in [6, 6.07) is 10.2. The minimum atomic E-state index is -0.0102. The molecule has 160 valence electrons. The smallest absolute Gasteiger partial charge is 0.148 e. The number of nitrogens with one attached hydrogen (secondary N) is 1. The minimum absolute atomic E-state index is 0.0102. The normalized spacial score (nSPS) is 18.1. The maximum Gasteiger partial charge on any atom is 0.148 e. The lowest BCUT2D eigenvalue weighted by atomic mass is 10.1. The quantitative estimate of drug-likeness (QED) is 0.425. The van der Waals surface area contributed by atoms with Gasteiger partial charge in [-0.05, 0) is 42.8 Å². The molecule has 2 atom stereocenters. The fraction of sp³-hybridized carbons (Fsp3) is 0.217. The topological polar surface area (TPSA) is 87.0 Å². The van der Waals surface area contributed by atoms with Crippen LogP contribution in [0.1, 0.15) is 6.92 Å². The Kier molecular flexibility index (Phi) is 4.51. The Morgan fingerprint density at radius 3 is 2.84 bits per heavy atom. The largest absolute Gasteiger partial charge is 0.484 e. The molecular weight excluding hydrogens is 424 g/mol. The molecule has 3 aromatic heterocycles. The van der Waals surface area contributed by atoms with E-state index in [0.29, 0.717) is 12.4 Å². The first-order valence-corrected chi connectivity index (χ1v) is 11.2. The molecule has 8 nitrogen and oxygen atoms in total. The Balaban J connectivity index is 1.47. The number of hydrogen-bond acceptors (Lipinski definition) is 8. The third-order valence-electron chi connectivity index (χ3n) is 5.66. The fourth-order valence-corrected chi connectivity index (χ4v) is 4.52. The lowest BCUT2D eigenvalue weighted by molar-refractivity contribution is -0.139.